The molecule has 4 heterocycles. The highest BCUT2D eigenvalue weighted by molar-refractivity contribution is 5.94. The summed E-state index contributed by atoms with van der Waals surface area (Å²) in [6.45, 7) is 1.66. The van der Waals surface area contributed by atoms with Crippen LogP contribution in [0.25, 0.3) is 11.0 Å². The van der Waals surface area contributed by atoms with E-state index in [0.29, 0.717) is 31.6 Å². The van der Waals surface area contributed by atoms with Gasteiger partial charge in [-0.1, -0.05) is 5.16 Å². The van der Waals surface area contributed by atoms with Gasteiger partial charge in [-0.05, 0) is 25.3 Å². The second-order valence-electron chi connectivity index (χ2n) is 7.27. The molecule has 1 aliphatic heterocycles. The zero-order valence-corrected chi connectivity index (χ0v) is 14.7. The Morgan fingerprint density at radius 3 is 3.15 bits per heavy atom. The minimum atomic E-state index is -0.581. The summed E-state index contributed by atoms with van der Waals surface area (Å²) in [7, 11) is 0. The van der Waals surface area contributed by atoms with Crippen molar-refractivity contribution in [1.29, 1.82) is 0 Å². The number of nitrogens with one attached hydrogen (secondary N) is 2. The fraction of sp³-hybridized carbons (Fsp3) is 0.444. The Balaban J connectivity index is 1.35. The number of hydrogen-bond donors (Lipinski definition) is 3. The largest absolute Gasteiger partial charge is 0.390 e. The van der Waals surface area contributed by atoms with E-state index in [2.05, 4.69) is 30.3 Å². The Morgan fingerprint density at radius 2 is 2.30 bits per heavy atom. The highest BCUT2D eigenvalue weighted by atomic mass is 16.5. The Kier molecular flexibility index (Phi) is 3.64. The number of carbonyl (C=O) groups excluding carboxylic acids is 1. The SMILES string of the molecule is O=C(NCCC1(O)CC1)c1noc2c1CN(c1ncnc3[nH]ccc13)CC2. The summed E-state index contributed by atoms with van der Waals surface area (Å²) in [5.41, 5.74) is 1.32. The zero-order chi connectivity index (χ0) is 18.4. The maximum absolute atomic E-state index is 12.5. The number of nitrogens with zero attached hydrogens (tertiary/aromatic N) is 4. The lowest BCUT2D eigenvalue weighted by Gasteiger charge is -2.27. The molecule has 1 amide bonds. The summed E-state index contributed by atoms with van der Waals surface area (Å²) in [6.07, 6.45) is 6.22. The first kappa shape index (κ1) is 16.2. The number of aromatic amines is 1. The second-order valence-corrected chi connectivity index (χ2v) is 7.27. The first-order valence-corrected chi connectivity index (χ1v) is 9.14. The molecule has 0 aromatic carbocycles. The predicted octanol–water partition coefficient (Wildman–Crippen LogP) is 1.15. The molecular formula is C18H20N6O3. The van der Waals surface area contributed by atoms with Crippen molar-refractivity contribution in [1.82, 2.24) is 25.4 Å². The lowest BCUT2D eigenvalue weighted by Crippen LogP contribution is -2.33. The van der Waals surface area contributed by atoms with Crippen molar-refractivity contribution >= 4 is 22.8 Å². The number of carbonyl (C=O) groups is 1. The Hall–Kier alpha value is -2.94. The molecule has 2 aliphatic rings. The van der Waals surface area contributed by atoms with Gasteiger partial charge in [0, 0.05) is 31.3 Å². The summed E-state index contributed by atoms with van der Waals surface area (Å²) in [5, 5.41) is 17.7. The van der Waals surface area contributed by atoms with Gasteiger partial charge < -0.3 is 24.8 Å². The molecule has 3 aromatic heterocycles. The van der Waals surface area contributed by atoms with Crippen LogP contribution < -0.4 is 10.2 Å². The van der Waals surface area contributed by atoms with E-state index in [1.807, 2.05) is 12.3 Å². The van der Waals surface area contributed by atoms with Gasteiger partial charge in [-0.25, -0.2) is 9.97 Å². The molecule has 0 radical (unpaired) electrons. The second kappa shape index (κ2) is 6.05. The van der Waals surface area contributed by atoms with E-state index < -0.39 is 5.60 Å². The monoisotopic (exact) mass is 368 g/mol. The van der Waals surface area contributed by atoms with Gasteiger partial charge >= 0.3 is 0 Å². The molecule has 1 fully saturated rings. The number of fused-ring (bicyclic) bond motifs is 2. The number of aliphatic hydroxyl groups is 1. The number of rotatable bonds is 5. The molecular weight excluding hydrogens is 348 g/mol. The molecule has 1 aliphatic carbocycles. The molecule has 9 heteroatoms. The van der Waals surface area contributed by atoms with Crippen LogP contribution in [0.1, 0.15) is 41.1 Å². The highest BCUT2D eigenvalue weighted by Gasteiger charge is 2.39. The topological polar surface area (TPSA) is 120 Å². The van der Waals surface area contributed by atoms with Crippen LogP contribution in [0.2, 0.25) is 0 Å². The molecule has 1 saturated carbocycles. The summed E-state index contributed by atoms with van der Waals surface area (Å²) < 4.78 is 5.40. The van der Waals surface area contributed by atoms with E-state index in [0.717, 1.165) is 47.6 Å². The van der Waals surface area contributed by atoms with Gasteiger partial charge in [0.1, 0.15) is 23.6 Å². The average molecular weight is 368 g/mol. The van der Waals surface area contributed by atoms with Gasteiger partial charge in [0.25, 0.3) is 5.91 Å². The smallest absolute Gasteiger partial charge is 0.273 e. The van der Waals surface area contributed by atoms with Gasteiger partial charge in [-0.2, -0.15) is 0 Å². The van der Waals surface area contributed by atoms with Crippen molar-refractivity contribution in [2.75, 3.05) is 18.0 Å². The van der Waals surface area contributed by atoms with E-state index in [-0.39, 0.29) is 5.91 Å². The molecule has 140 valence electrons. The predicted molar refractivity (Wildman–Crippen MR) is 96.3 cm³/mol. The van der Waals surface area contributed by atoms with Crippen LogP contribution in [0.15, 0.2) is 23.1 Å². The van der Waals surface area contributed by atoms with Gasteiger partial charge in [-0.3, -0.25) is 4.79 Å². The molecule has 0 unspecified atom stereocenters. The Bertz CT molecular complexity index is 1010. The quantitative estimate of drug-likeness (QED) is 0.618. The third-order valence-corrected chi connectivity index (χ3v) is 5.38. The number of aromatic nitrogens is 4. The minimum absolute atomic E-state index is 0.263. The van der Waals surface area contributed by atoms with E-state index >= 15 is 0 Å². The number of anilines is 1. The van der Waals surface area contributed by atoms with Crippen LogP contribution in [0.3, 0.4) is 0 Å². The van der Waals surface area contributed by atoms with E-state index in [9.17, 15) is 9.90 Å². The molecule has 0 saturated heterocycles. The Labute approximate surface area is 154 Å². The van der Waals surface area contributed by atoms with Crippen molar-refractivity contribution in [3.05, 3.63) is 35.6 Å². The van der Waals surface area contributed by atoms with E-state index in [4.69, 9.17) is 4.52 Å². The number of amides is 1. The molecule has 0 spiro atoms. The third-order valence-electron chi connectivity index (χ3n) is 5.38. The third kappa shape index (κ3) is 2.93. The molecule has 5 rings (SSSR count). The number of hydrogen-bond acceptors (Lipinski definition) is 7. The van der Waals surface area contributed by atoms with Crippen molar-refractivity contribution in [3.63, 3.8) is 0 Å². The molecule has 0 bridgehead atoms. The lowest BCUT2D eigenvalue weighted by molar-refractivity contribution is 0.0926. The van der Waals surface area contributed by atoms with Gasteiger partial charge in [0.05, 0.1) is 17.5 Å². The first-order chi connectivity index (χ1) is 13.1. The van der Waals surface area contributed by atoms with Crippen LogP contribution in [-0.2, 0) is 13.0 Å². The van der Waals surface area contributed by atoms with Crippen molar-refractivity contribution in [3.8, 4) is 0 Å². The summed E-state index contributed by atoms with van der Waals surface area (Å²) in [5.74, 6) is 1.31. The van der Waals surface area contributed by atoms with Crippen LogP contribution in [-0.4, -0.2) is 49.8 Å². The fourth-order valence-electron chi connectivity index (χ4n) is 3.57. The first-order valence-electron chi connectivity index (χ1n) is 9.14. The maximum atomic E-state index is 12.5. The molecule has 3 N–H and O–H groups in total. The molecule has 27 heavy (non-hydrogen) atoms. The maximum Gasteiger partial charge on any atom is 0.273 e. The van der Waals surface area contributed by atoms with E-state index in [1.165, 1.54) is 6.33 Å². The van der Waals surface area contributed by atoms with Crippen LogP contribution in [0.4, 0.5) is 5.82 Å². The minimum Gasteiger partial charge on any atom is -0.390 e. The zero-order valence-electron chi connectivity index (χ0n) is 14.7. The summed E-state index contributed by atoms with van der Waals surface area (Å²) in [4.78, 5) is 26.4. The summed E-state index contributed by atoms with van der Waals surface area (Å²) in [6, 6.07) is 1.95. The average Bonchev–Trinajstić information content (AvgIpc) is 3.10. The van der Waals surface area contributed by atoms with E-state index in [1.54, 1.807) is 0 Å². The van der Waals surface area contributed by atoms with Crippen molar-refractivity contribution < 1.29 is 14.4 Å². The molecule has 3 aromatic rings. The van der Waals surface area contributed by atoms with Crippen molar-refractivity contribution in [2.24, 2.45) is 0 Å². The molecule has 0 atom stereocenters. The summed E-state index contributed by atoms with van der Waals surface area (Å²) >= 11 is 0. The van der Waals surface area contributed by atoms with Crippen LogP contribution in [0, 0.1) is 0 Å². The fourth-order valence-corrected chi connectivity index (χ4v) is 3.57. The molecule has 9 nitrogen and oxygen atoms in total. The number of H-pyrrole nitrogens is 1. The lowest BCUT2D eigenvalue weighted by atomic mass is 10.1. The van der Waals surface area contributed by atoms with Gasteiger partial charge in [-0.15, -0.1) is 0 Å². The highest BCUT2D eigenvalue weighted by Crippen LogP contribution is 2.37. The van der Waals surface area contributed by atoms with Crippen LogP contribution >= 0.6 is 0 Å². The van der Waals surface area contributed by atoms with Gasteiger partial charge in [0.15, 0.2) is 5.69 Å². The Morgan fingerprint density at radius 1 is 1.41 bits per heavy atom. The normalized spacial score (nSPS) is 17.7. The van der Waals surface area contributed by atoms with Crippen molar-refractivity contribution in [2.45, 2.75) is 37.8 Å². The van der Waals surface area contributed by atoms with Gasteiger partial charge in [0.2, 0.25) is 0 Å². The standard InChI is InChI=1S/C18H20N6O3/c25-17(20-7-5-18(26)3-4-18)14-12-9-24(8-2-13(12)27-23-14)16-11-1-6-19-15(11)21-10-22-16/h1,6,10,26H,2-5,7-9H2,(H,20,25)(H,19,21,22). The van der Waals surface area contributed by atoms with Crippen LogP contribution in [0.5, 0.6) is 0 Å².